The first-order valence-corrected chi connectivity index (χ1v) is 9.45. The van der Waals surface area contributed by atoms with Crippen LogP contribution >= 0.6 is 0 Å². The van der Waals surface area contributed by atoms with Gasteiger partial charge in [-0.25, -0.2) is 9.59 Å². The van der Waals surface area contributed by atoms with Crippen molar-refractivity contribution in [3.05, 3.63) is 35.9 Å². The van der Waals surface area contributed by atoms with Crippen molar-refractivity contribution in [1.82, 2.24) is 5.32 Å². The number of carbonyl (C=O) groups excluding carboxylic acids is 4. The second-order valence-corrected chi connectivity index (χ2v) is 6.75. The molecular formula is C20H23NO11. The minimum Gasteiger partial charge on any atom is -0.480 e. The van der Waals surface area contributed by atoms with E-state index in [4.69, 9.17) is 23.7 Å². The van der Waals surface area contributed by atoms with Crippen LogP contribution in [0.3, 0.4) is 0 Å². The van der Waals surface area contributed by atoms with Gasteiger partial charge in [0.25, 0.3) is 0 Å². The number of nitrogens with one attached hydrogen (secondary N) is 1. The highest BCUT2D eigenvalue weighted by atomic mass is 16.7. The van der Waals surface area contributed by atoms with Gasteiger partial charge in [0.15, 0.2) is 12.1 Å². The summed E-state index contributed by atoms with van der Waals surface area (Å²) in [7, 11) is 0. The van der Waals surface area contributed by atoms with Crippen LogP contribution in [0.5, 0.6) is 0 Å². The van der Waals surface area contributed by atoms with E-state index in [1.165, 1.54) is 0 Å². The summed E-state index contributed by atoms with van der Waals surface area (Å²) in [6.45, 7) is 3.01. The first-order chi connectivity index (χ1) is 15.1. The van der Waals surface area contributed by atoms with Crippen molar-refractivity contribution < 1.29 is 52.8 Å². The summed E-state index contributed by atoms with van der Waals surface area (Å²) < 4.78 is 25.6. The Bertz CT molecular complexity index is 856. The molecule has 2 N–H and O–H groups in total. The molecule has 5 atom stereocenters. The molecular weight excluding hydrogens is 430 g/mol. The van der Waals surface area contributed by atoms with E-state index in [-0.39, 0.29) is 6.61 Å². The number of esters is 3. The van der Waals surface area contributed by atoms with Gasteiger partial charge in [-0.15, -0.1) is 0 Å². The van der Waals surface area contributed by atoms with Crippen LogP contribution in [0.1, 0.15) is 26.3 Å². The van der Waals surface area contributed by atoms with Gasteiger partial charge in [-0.05, 0) is 5.56 Å². The number of benzene rings is 1. The zero-order chi connectivity index (χ0) is 23.8. The van der Waals surface area contributed by atoms with E-state index in [0.29, 0.717) is 5.56 Å². The molecule has 0 saturated carbocycles. The van der Waals surface area contributed by atoms with Gasteiger partial charge < -0.3 is 34.1 Å². The molecule has 12 heteroatoms. The molecule has 174 valence electrons. The highest BCUT2D eigenvalue weighted by Gasteiger charge is 2.55. The zero-order valence-electron chi connectivity index (χ0n) is 17.5. The van der Waals surface area contributed by atoms with Crippen LogP contribution in [-0.4, -0.2) is 65.7 Å². The maximum Gasteiger partial charge on any atom is 0.408 e. The second-order valence-electron chi connectivity index (χ2n) is 6.75. The number of hydrogen-bond acceptors (Lipinski definition) is 10. The smallest absolute Gasteiger partial charge is 0.408 e. The van der Waals surface area contributed by atoms with Gasteiger partial charge in [0.2, 0.25) is 12.4 Å². The monoisotopic (exact) mass is 453 g/mol. The number of rotatable bonds is 8. The number of aliphatic carboxylic acids is 1. The Morgan fingerprint density at radius 3 is 2.03 bits per heavy atom. The zero-order valence-corrected chi connectivity index (χ0v) is 17.5. The minimum atomic E-state index is -1.80. The molecule has 1 saturated heterocycles. The Labute approximate surface area is 182 Å². The Morgan fingerprint density at radius 2 is 1.50 bits per heavy atom. The van der Waals surface area contributed by atoms with Gasteiger partial charge >= 0.3 is 30.0 Å². The normalized spacial score (nSPS) is 22.8. The standard InChI is InChI=1S/C20H23NO11/c1-10(22)29-16-15(32-19(31-12(3)24)17(16)30-11(2)23)14(18(25)26)21-20(27)28-9-13-7-5-4-6-8-13/h4-8,14-17,19H,9H2,1-3H3,(H,21,27)(H,25,26)/t14-,15+,16+,17+,19?/m0/s1. The average molecular weight is 453 g/mol. The maximum atomic E-state index is 12.2. The molecule has 1 unspecified atom stereocenters. The van der Waals surface area contributed by atoms with Crippen molar-refractivity contribution in [3.8, 4) is 0 Å². The van der Waals surface area contributed by atoms with Crippen molar-refractivity contribution in [2.45, 2.75) is 58.0 Å². The molecule has 0 spiro atoms. The van der Waals surface area contributed by atoms with Crippen LogP contribution in [0.4, 0.5) is 4.79 Å². The Hall–Kier alpha value is -3.67. The topological polar surface area (TPSA) is 164 Å². The van der Waals surface area contributed by atoms with Crippen LogP contribution < -0.4 is 5.32 Å². The summed E-state index contributed by atoms with van der Waals surface area (Å²) in [5.41, 5.74) is 0.661. The summed E-state index contributed by atoms with van der Waals surface area (Å²) in [5.74, 6) is -4.05. The summed E-state index contributed by atoms with van der Waals surface area (Å²) in [6.07, 6.45) is -7.21. The lowest BCUT2D eigenvalue weighted by molar-refractivity contribution is -0.196. The first kappa shape index (κ1) is 24.6. The van der Waals surface area contributed by atoms with Gasteiger partial charge in [-0.2, -0.15) is 0 Å². The molecule has 32 heavy (non-hydrogen) atoms. The fourth-order valence-electron chi connectivity index (χ4n) is 2.99. The highest BCUT2D eigenvalue weighted by Crippen LogP contribution is 2.30. The molecule has 2 rings (SSSR count). The number of carbonyl (C=O) groups is 5. The van der Waals surface area contributed by atoms with Crippen LogP contribution in [0.25, 0.3) is 0 Å². The van der Waals surface area contributed by atoms with Crippen LogP contribution in [0.2, 0.25) is 0 Å². The van der Waals surface area contributed by atoms with Crippen LogP contribution in [-0.2, 0) is 49.5 Å². The summed E-state index contributed by atoms with van der Waals surface area (Å²) >= 11 is 0. The number of amides is 1. The lowest BCUT2D eigenvalue weighted by Gasteiger charge is -2.26. The number of ether oxygens (including phenoxy) is 5. The molecule has 1 aliphatic rings. The SMILES string of the molecule is CC(=O)OC1O[C@H]([C@H](NC(=O)OCc2ccccc2)C(=O)O)[C@@H](OC(C)=O)[C@H]1OC(C)=O. The van der Waals surface area contributed by atoms with Gasteiger partial charge in [0.05, 0.1) is 0 Å². The number of carboxylic acid groups (broad SMARTS) is 1. The Kier molecular flexibility index (Phi) is 8.53. The molecule has 0 aliphatic carbocycles. The van der Waals surface area contributed by atoms with Crippen molar-refractivity contribution >= 4 is 30.0 Å². The maximum absolute atomic E-state index is 12.2. The lowest BCUT2D eigenvalue weighted by atomic mass is 10.0. The molecule has 1 fully saturated rings. The van der Waals surface area contributed by atoms with E-state index in [1.807, 2.05) is 0 Å². The second kappa shape index (κ2) is 11.1. The van der Waals surface area contributed by atoms with Crippen molar-refractivity contribution in [2.75, 3.05) is 0 Å². The highest BCUT2D eigenvalue weighted by molar-refractivity contribution is 5.81. The molecule has 12 nitrogen and oxygen atoms in total. The van der Waals surface area contributed by atoms with Crippen molar-refractivity contribution in [1.29, 1.82) is 0 Å². The molecule has 1 aromatic carbocycles. The quantitative estimate of drug-likeness (QED) is 0.416. The van der Waals surface area contributed by atoms with E-state index in [9.17, 15) is 29.1 Å². The fourth-order valence-corrected chi connectivity index (χ4v) is 2.99. The lowest BCUT2D eigenvalue weighted by Crippen LogP contribution is -2.54. The number of carboxylic acids is 1. The molecule has 0 radical (unpaired) electrons. The number of alkyl carbamates (subject to hydrolysis) is 1. The van der Waals surface area contributed by atoms with E-state index < -0.39 is 60.6 Å². The van der Waals surface area contributed by atoms with E-state index in [0.717, 1.165) is 20.8 Å². The third kappa shape index (κ3) is 6.94. The first-order valence-electron chi connectivity index (χ1n) is 9.45. The molecule has 1 aromatic rings. The van der Waals surface area contributed by atoms with Gasteiger partial charge in [-0.1, -0.05) is 30.3 Å². The molecule has 0 bridgehead atoms. The molecule has 1 amide bonds. The van der Waals surface area contributed by atoms with Gasteiger partial charge in [0.1, 0.15) is 12.7 Å². The van der Waals surface area contributed by atoms with Crippen LogP contribution in [0.15, 0.2) is 30.3 Å². The number of hydrogen-bond donors (Lipinski definition) is 2. The third-order valence-electron chi connectivity index (χ3n) is 4.17. The fraction of sp³-hybridized carbons (Fsp3) is 0.450. The summed E-state index contributed by atoms with van der Waals surface area (Å²) in [5, 5.41) is 11.8. The van der Waals surface area contributed by atoms with E-state index >= 15 is 0 Å². The molecule has 1 heterocycles. The Morgan fingerprint density at radius 1 is 0.938 bits per heavy atom. The predicted octanol–water partition coefficient (Wildman–Crippen LogP) is 0.517. The third-order valence-corrected chi connectivity index (χ3v) is 4.17. The van der Waals surface area contributed by atoms with Crippen molar-refractivity contribution in [2.24, 2.45) is 0 Å². The van der Waals surface area contributed by atoms with Crippen LogP contribution in [0, 0.1) is 0 Å². The molecule has 0 aromatic heterocycles. The predicted molar refractivity (Wildman–Crippen MR) is 103 cm³/mol. The summed E-state index contributed by atoms with van der Waals surface area (Å²) in [6, 6.07) is 6.84. The minimum absolute atomic E-state index is 0.135. The van der Waals surface area contributed by atoms with Crippen molar-refractivity contribution in [3.63, 3.8) is 0 Å². The van der Waals surface area contributed by atoms with Gasteiger partial charge in [0, 0.05) is 20.8 Å². The largest absolute Gasteiger partial charge is 0.480 e. The Balaban J connectivity index is 2.22. The summed E-state index contributed by atoms with van der Waals surface area (Å²) in [4.78, 5) is 58.6. The van der Waals surface area contributed by atoms with E-state index in [2.05, 4.69) is 5.32 Å². The molecule has 1 aliphatic heterocycles. The van der Waals surface area contributed by atoms with Gasteiger partial charge in [-0.3, -0.25) is 14.4 Å². The average Bonchev–Trinajstić information content (AvgIpc) is 3.00. The van der Waals surface area contributed by atoms with E-state index in [1.54, 1.807) is 30.3 Å².